The van der Waals surface area contributed by atoms with Crippen LogP contribution in [0.25, 0.3) is 11.1 Å². The lowest BCUT2D eigenvalue weighted by atomic mass is 10.1. The van der Waals surface area contributed by atoms with E-state index in [9.17, 15) is 0 Å². The molecule has 2 aliphatic heterocycles. The van der Waals surface area contributed by atoms with Crippen molar-refractivity contribution in [3.8, 4) is 23.6 Å². The van der Waals surface area contributed by atoms with Crippen molar-refractivity contribution in [1.82, 2.24) is 27.3 Å². The van der Waals surface area contributed by atoms with Gasteiger partial charge in [-0.05, 0) is 51.4 Å². The smallest absolute Gasteiger partial charge is 0.254 e. The van der Waals surface area contributed by atoms with Crippen LogP contribution in [0, 0.1) is 11.8 Å². The summed E-state index contributed by atoms with van der Waals surface area (Å²) in [6, 6.07) is 0. The van der Waals surface area contributed by atoms with Crippen molar-refractivity contribution in [3.63, 3.8) is 0 Å². The zero-order chi connectivity index (χ0) is 24.2. The molecule has 4 heterocycles. The molecular weight excluding hydrogens is 468 g/mol. The van der Waals surface area contributed by atoms with Crippen molar-refractivity contribution < 1.29 is 9.47 Å². The average molecular weight is 501 g/mol. The minimum Gasteiger partial charge on any atom is -0.475 e. The molecule has 34 heavy (non-hydrogen) atoms. The summed E-state index contributed by atoms with van der Waals surface area (Å²) < 4.78 is 28.1. The first-order valence-electron chi connectivity index (χ1n) is 11.3. The Morgan fingerprint density at radius 2 is 1.50 bits per heavy atom. The number of aromatic nitrogens is 4. The van der Waals surface area contributed by atoms with E-state index in [1.54, 1.807) is 6.92 Å². The van der Waals surface area contributed by atoms with Crippen LogP contribution in [0.5, 0.6) is 11.8 Å². The summed E-state index contributed by atoms with van der Waals surface area (Å²) in [6.07, 6.45) is 9.24. The summed E-state index contributed by atoms with van der Waals surface area (Å²) in [7, 11) is 4.22. The summed E-state index contributed by atoms with van der Waals surface area (Å²) in [5, 5.41) is 0. The van der Waals surface area contributed by atoms with Gasteiger partial charge in [-0.2, -0.15) is 8.75 Å². The Balaban J connectivity index is 0.000000191. The molecular formula is C24H32N6O2S2. The van der Waals surface area contributed by atoms with Gasteiger partial charge in [0.2, 0.25) is 0 Å². The second-order valence-electron chi connectivity index (χ2n) is 7.99. The second kappa shape index (κ2) is 14.0. The van der Waals surface area contributed by atoms with Crippen molar-refractivity contribution in [2.24, 2.45) is 0 Å². The lowest BCUT2D eigenvalue weighted by molar-refractivity contribution is 0.313. The van der Waals surface area contributed by atoms with E-state index in [0.29, 0.717) is 25.0 Å². The molecule has 2 aliphatic rings. The number of nitrogens with zero attached hydrogens (tertiary/aromatic N) is 6. The third kappa shape index (κ3) is 7.74. The van der Waals surface area contributed by atoms with Gasteiger partial charge in [-0.3, -0.25) is 0 Å². The van der Waals surface area contributed by atoms with Gasteiger partial charge >= 0.3 is 0 Å². The van der Waals surface area contributed by atoms with Gasteiger partial charge in [0, 0.05) is 26.2 Å². The minimum absolute atomic E-state index is 0.373. The molecule has 0 saturated heterocycles. The molecule has 0 fully saturated rings. The van der Waals surface area contributed by atoms with Crippen LogP contribution in [0.3, 0.4) is 0 Å². The van der Waals surface area contributed by atoms with Crippen LogP contribution in [-0.2, 0) is 0 Å². The van der Waals surface area contributed by atoms with E-state index >= 15 is 0 Å². The molecule has 0 spiro atoms. The van der Waals surface area contributed by atoms with Crippen molar-refractivity contribution in [2.45, 2.75) is 26.2 Å². The summed E-state index contributed by atoms with van der Waals surface area (Å²) in [6.45, 7) is 10.5. The molecule has 0 unspecified atom stereocenters. The third-order valence-corrected chi connectivity index (χ3v) is 6.25. The molecule has 0 amide bonds. The highest BCUT2D eigenvalue weighted by molar-refractivity contribution is 6.99. The SMILES string of the molecule is C=CCCOc1nsnc1C1=CCCN(C)C1.CC#CCOc1nsnc1C1=CCCN(C)C1. The van der Waals surface area contributed by atoms with Crippen LogP contribution in [0.15, 0.2) is 24.8 Å². The van der Waals surface area contributed by atoms with Gasteiger partial charge in [-0.25, -0.2) is 0 Å². The first kappa shape index (κ1) is 26.0. The Labute approximate surface area is 210 Å². The van der Waals surface area contributed by atoms with E-state index in [-0.39, 0.29) is 0 Å². The van der Waals surface area contributed by atoms with E-state index in [0.717, 1.165) is 56.8 Å². The molecule has 0 N–H and O–H groups in total. The van der Waals surface area contributed by atoms with E-state index in [1.165, 1.54) is 34.6 Å². The zero-order valence-electron chi connectivity index (χ0n) is 20.1. The van der Waals surface area contributed by atoms with Gasteiger partial charge in [0.25, 0.3) is 11.8 Å². The Morgan fingerprint density at radius 1 is 0.941 bits per heavy atom. The number of hydrogen-bond donors (Lipinski definition) is 0. The zero-order valence-corrected chi connectivity index (χ0v) is 21.8. The molecule has 4 rings (SSSR count). The van der Waals surface area contributed by atoms with Crippen LogP contribution in [0.2, 0.25) is 0 Å². The van der Waals surface area contributed by atoms with E-state index in [1.807, 2.05) is 6.08 Å². The first-order valence-corrected chi connectivity index (χ1v) is 12.8. The number of hydrogen-bond acceptors (Lipinski definition) is 10. The number of rotatable bonds is 8. The molecule has 0 aliphatic carbocycles. The van der Waals surface area contributed by atoms with E-state index in [2.05, 4.69) is 72.0 Å². The van der Waals surface area contributed by atoms with Gasteiger partial charge in [0.1, 0.15) is 11.4 Å². The molecule has 2 aromatic heterocycles. The second-order valence-corrected chi connectivity index (χ2v) is 9.05. The van der Waals surface area contributed by atoms with Gasteiger partial charge in [0.05, 0.1) is 30.1 Å². The van der Waals surface area contributed by atoms with E-state index in [4.69, 9.17) is 9.47 Å². The molecule has 0 saturated carbocycles. The normalized spacial score (nSPS) is 16.3. The van der Waals surface area contributed by atoms with Gasteiger partial charge < -0.3 is 19.3 Å². The Hall–Kier alpha value is -2.58. The first-order chi connectivity index (χ1) is 16.6. The predicted octanol–water partition coefficient (Wildman–Crippen LogP) is 3.87. The fraction of sp³-hybridized carbons (Fsp3) is 0.500. The van der Waals surface area contributed by atoms with Crippen LogP contribution >= 0.6 is 23.5 Å². The molecule has 0 bridgehead atoms. The van der Waals surface area contributed by atoms with Gasteiger partial charge in [-0.15, -0.1) is 21.2 Å². The molecule has 8 nitrogen and oxygen atoms in total. The summed E-state index contributed by atoms with van der Waals surface area (Å²) in [5.74, 6) is 6.93. The summed E-state index contributed by atoms with van der Waals surface area (Å²) in [4.78, 5) is 4.55. The fourth-order valence-electron chi connectivity index (χ4n) is 3.49. The molecule has 2 aromatic rings. The van der Waals surface area contributed by atoms with Crippen molar-refractivity contribution >= 4 is 34.6 Å². The highest BCUT2D eigenvalue weighted by atomic mass is 32.1. The van der Waals surface area contributed by atoms with Crippen molar-refractivity contribution in [2.75, 3.05) is 53.5 Å². The third-order valence-electron chi connectivity index (χ3n) is 5.23. The maximum Gasteiger partial charge on any atom is 0.254 e. The Morgan fingerprint density at radius 3 is 2.00 bits per heavy atom. The minimum atomic E-state index is 0.373. The molecule has 182 valence electrons. The monoisotopic (exact) mass is 500 g/mol. The summed E-state index contributed by atoms with van der Waals surface area (Å²) >= 11 is 2.40. The molecule has 0 aromatic carbocycles. The highest BCUT2D eigenvalue weighted by Crippen LogP contribution is 2.28. The standard InChI is InChI=1S/C12H17N3OS.C12H15N3OS/c2*1-3-4-8-16-12-11(13-17-14-12)10-6-5-7-15(2)9-10/h3,6H,1,4-5,7-9H2,2H3;6H,5,7-9H2,1-2H3. The van der Waals surface area contributed by atoms with Crippen LogP contribution in [0.1, 0.15) is 37.6 Å². The lowest BCUT2D eigenvalue weighted by Crippen LogP contribution is -2.25. The Kier molecular flexibility index (Phi) is 10.7. The van der Waals surface area contributed by atoms with Crippen LogP contribution in [-0.4, -0.2) is 80.8 Å². The average Bonchev–Trinajstić information content (AvgIpc) is 3.50. The van der Waals surface area contributed by atoms with Gasteiger partial charge in [-0.1, -0.05) is 24.1 Å². The largest absolute Gasteiger partial charge is 0.475 e. The van der Waals surface area contributed by atoms with Crippen LogP contribution < -0.4 is 9.47 Å². The van der Waals surface area contributed by atoms with Crippen molar-refractivity contribution in [3.05, 3.63) is 36.2 Å². The quantitative estimate of drug-likeness (QED) is 0.307. The molecule has 0 radical (unpaired) electrons. The maximum absolute atomic E-state index is 5.61. The predicted molar refractivity (Wildman–Crippen MR) is 139 cm³/mol. The topological polar surface area (TPSA) is 76.5 Å². The van der Waals surface area contributed by atoms with Gasteiger partial charge in [0.15, 0.2) is 6.61 Å². The van der Waals surface area contributed by atoms with E-state index < -0.39 is 0 Å². The fourth-order valence-corrected chi connectivity index (χ4v) is 4.55. The van der Waals surface area contributed by atoms with Crippen LogP contribution in [0.4, 0.5) is 0 Å². The summed E-state index contributed by atoms with van der Waals surface area (Å²) in [5.41, 5.74) is 4.21. The Bertz CT molecular complexity index is 1050. The lowest BCUT2D eigenvalue weighted by Gasteiger charge is -2.22. The maximum atomic E-state index is 5.61. The van der Waals surface area contributed by atoms with Crippen molar-refractivity contribution in [1.29, 1.82) is 0 Å². The number of likely N-dealkylation sites (N-methyl/N-ethyl adjacent to an activating group) is 2. The molecule has 10 heteroatoms. The molecule has 0 atom stereocenters. The number of ether oxygens (including phenoxy) is 2. The highest BCUT2D eigenvalue weighted by Gasteiger charge is 2.19.